The van der Waals surface area contributed by atoms with E-state index < -0.39 is 0 Å². The largest absolute Gasteiger partial charge is 0.489 e. The Morgan fingerprint density at radius 1 is 1.15 bits per heavy atom. The van der Waals surface area contributed by atoms with Gasteiger partial charge in [0.2, 0.25) is 5.91 Å². The average Bonchev–Trinajstić information content (AvgIpc) is 2.99. The van der Waals surface area contributed by atoms with Crippen molar-refractivity contribution in [2.45, 2.75) is 33.8 Å². The molecular formula is C20H27N3O3. The SMILES string of the molecule is CCN1CCN(C(=O)Cc2ccc(OCc3c(C)noc3C)cc2)CC1. The van der Waals surface area contributed by atoms with Gasteiger partial charge < -0.3 is 19.1 Å². The summed E-state index contributed by atoms with van der Waals surface area (Å²) in [4.78, 5) is 16.8. The number of nitrogens with zero attached hydrogens (tertiary/aromatic N) is 3. The fourth-order valence-corrected chi connectivity index (χ4v) is 3.17. The summed E-state index contributed by atoms with van der Waals surface area (Å²) in [6, 6.07) is 7.75. The number of aryl methyl sites for hydroxylation is 2. The molecule has 1 aromatic heterocycles. The predicted octanol–water partition coefficient (Wildman–Crippen LogP) is 2.58. The maximum absolute atomic E-state index is 12.5. The number of carbonyl (C=O) groups is 1. The molecule has 1 aliphatic heterocycles. The Balaban J connectivity index is 1.50. The number of amides is 1. The smallest absolute Gasteiger partial charge is 0.227 e. The van der Waals surface area contributed by atoms with Gasteiger partial charge in [0.1, 0.15) is 18.1 Å². The van der Waals surface area contributed by atoms with Gasteiger partial charge >= 0.3 is 0 Å². The maximum Gasteiger partial charge on any atom is 0.227 e. The Morgan fingerprint density at radius 2 is 1.85 bits per heavy atom. The molecule has 1 fully saturated rings. The first kappa shape index (κ1) is 18.5. The van der Waals surface area contributed by atoms with E-state index in [9.17, 15) is 4.79 Å². The lowest BCUT2D eigenvalue weighted by atomic mass is 10.1. The summed E-state index contributed by atoms with van der Waals surface area (Å²) in [5.74, 6) is 1.76. The lowest BCUT2D eigenvalue weighted by Gasteiger charge is -2.34. The second kappa shape index (κ2) is 8.36. The summed E-state index contributed by atoms with van der Waals surface area (Å²) in [5, 5.41) is 3.93. The second-order valence-electron chi connectivity index (χ2n) is 6.73. The highest BCUT2D eigenvalue weighted by molar-refractivity contribution is 5.78. The molecule has 1 aromatic carbocycles. The van der Waals surface area contributed by atoms with E-state index in [0.717, 1.165) is 61.1 Å². The van der Waals surface area contributed by atoms with Crippen molar-refractivity contribution in [2.75, 3.05) is 32.7 Å². The van der Waals surface area contributed by atoms with Gasteiger partial charge in [-0.3, -0.25) is 4.79 Å². The number of likely N-dealkylation sites (N-methyl/N-ethyl adjacent to an activating group) is 1. The monoisotopic (exact) mass is 357 g/mol. The van der Waals surface area contributed by atoms with Crippen molar-refractivity contribution in [1.82, 2.24) is 15.0 Å². The molecule has 0 atom stereocenters. The zero-order valence-electron chi connectivity index (χ0n) is 15.8. The van der Waals surface area contributed by atoms with Crippen molar-refractivity contribution in [3.63, 3.8) is 0 Å². The van der Waals surface area contributed by atoms with Crippen LogP contribution in [0.15, 0.2) is 28.8 Å². The predicted molar refractivity (Wildman–Crippen MR) is 99.1 cm³/mol. The standard InChI is InChI=1S/C20H27N3O3/c1-4-22-9-11-23(12-10-22)20(24)13-17-5-7-18(8-6-17)25-14-19-15(2)21-26-16(19)3/h5-8H,4,9-14H2,1-3H3. The van der Waals surface area contributed by atoms with Crippen LogP contribution in [0.5, 0.6) is 5.75 Å². The lowest BCUT2D eigenvalue weighted by molar-refractivity contribution is -0.132. The first-order valence-corrected chi connectivity index (χ1v) is 9.20. The number of ether oxygens (including phenoxy) is 1. The molecule has 0 bridgehead atoms. The van der Waals surface area contributed by atoms with Crippen LogP contribution in [-0.2, 0) is 17.8 Å². The summed E-state index contributed by atoms with van der Waals surface area (Å²) in [6.45, 7) is 11.0. The molecule has 0 spiro atoms. The summed E-state index contributed by atoms with van der Waals surface area (Å²) < 4.78 is 11.0. The molecule has 0 radical (unpaired) electrons. The van der Waals surface area contributed by atoms with Crippen LogP contribution in [0, 0.1) is 13.8 Å². The third kappa shape index (κ3) is 4.43. The molecule has 0 saturated carbocycles. The summed E-state index contributed by atoms with van der Waals surface area (Å²) in [5.41, 5.74) is 2.85. The Morgan fingerprint density at radius 3 is 2.42 bits per heavy atom. The van der Waals surface area contributed by atoms with E-state index in [0.29, 0.717) is 13.0 Å². The third-order valence-corrected chi connectivity index (χ3v) is 5.02. The lowest BCUT2D eigenvalue weighted by Crippen LogP contribution is -2.48. The zero-order chi connectivity index (χ0) is 18.5. The molecule has 0 unspecified atom stereocenters. The number of benzene rings is 1. The van der Waals surface area contributed by atoms with Crippen molar-refractivity contribution in [2.24, 2.45) is 0 Å². The van der Waals surface area contributed by atoms with E-state index in [2.05, 4.69) is 17.0 Å². The number of aromatic nitrogens is 1. The summed E-state index contributed by atoms with van der Waals surface area (Å²) in [7, 11) is 0. The molecule has 6 nitrogen and oxygen atoms in total. The Kier molecular flexibility index (Phi) is 5.93. The number of hydrogen-bond donors (Lipinski definition) is 0. The number of rotatable bonds is 6. The Bertz CT molecular complexity index is 712. The third-order valence-electron chi connectivity index (χ3n) is 5.02. The molecule has 3 rings (SSSR count). The number of carbonyl (C=O) groups excluding carboxylic acids is 1. The van der Waals surface area contributed by atoms with Crippen LogP contribution in [0.25, 0.3) is 0 Å². The van der Waals surface area contributed by atoms with E-state index in [1.165, 1.54) is 0 Å². The highest BCUT2D eigenvalue weighted by Gasteiger charge is 2.20. The van der Waals surface area contributed by atoms with Crippen molar-refractivity contribution in [1.29, 1.82) is 0 Å². The topological polar surface area (TPSA) is 58.8 Å². The number of piperazine rings is 1. The van der Waals surface area contributed by atoms with Crippen molar-refractivity contribution < 1.29 is 14.1 Å². The Hall–Kier alpha value is -2.34. The summed E-state index contributed by atoms with van der Waals surface area (Å²) in [6.07, 6.45) is 0.441. The molecule has 1 aliphatic rings. The Labute approximate surface area is 154 Å². The normalized spacial score (nSPS) is 15.3. The maximum atomic E-state index is 12.5. The van der Waals surface area contributed by atoms with Crippen LogP contribution in [0.3, 0.4) is 0 Å². The summed E-state index contributed by atoms with van der Waals surface area (Å²) >= 11 is 0. The quantitative estimate of drug-likeness (QED) is 0.795. The van der Waals surface area contributed by atoms with Gasteiger partial charge in [-0.15, -0.1) is 0 Å². The highest BCUT2D eigenvalue weighted by atomic mass is 16.5. The van der Waals surface area contributed by atoms with Gasteiger partial charge in [-0.1, -0.05) is 24.2 Å². The molecule has 26 heavy (non-hydrogen) atoms. The zero-order valence-corrected chi connectivity index (χ0v) is 15.8. The van der Waals surface area contributed by atoms with Crippen LogP contribution in [0.4, 0.5) is 0 Å². The van der Waals surface area contributed by atoms with E-state index in [1.807, 2.05) is 43.0 Å². The first-order chi connectivity index (χ1) is 12.6. The molecule has 0 N–H and O–H groups in total. The first-order valence-electron chi connectivity index (χ1n) is 9.20. The minimum Gasteiger partial charge on any atom is -0.489 e. The van der Waals surface area contributed by atoms with E-state index in [4.69, 9.17) is 9.26 Å². The molecular weight excluding hydrogens is 330 g/mol. The average molecular weight is 357 g/mol. The van der Waals surface area contributed by atoms with Crippen LogP contribution in [-0.4, -0.2) is 53.6 Å². The number of hydrogen-bond acceptors (Lipinski definition) is 5. The van der Waals surface area contributed by atoms with Crippen molar-refractivity contribution in [3.8, 4) is 5.75 Å². The van der Waals surface area contributed by atoms with Gasteiger partial charge in [-0.2, -0.15) is 0 Å². The van der Waals surface area contributed by atoms with Gasteiger partial charge in [0.05, 0.1) is 17.7 Å². The molecule has 1 saturated heterocycles. The second-order valence-corrected chi connectivity index (χ2v) is 6.73. The van der Waals surface area contributed by atoms with Crippen LogP contribution < -0.4 is 4.74 Å². The molecule has 2 aromatic rings. The molecule has 6 heteroatoms. The fourth-order valence-electron chi connectivity index (χ4n) is 3.17. The molecule has 0 aliphatic carbocycles. The molecule has 1 amide bonds. The van der Waals surface area contributed by atoms with Gasteiger partial charge in [-0.25, -0.2) is 0 Å². The molecule has 2 heterocycles. The van der Waals surface area contributed by atoms with Gasteiger partial charge in [-0.05, 0) is 38.1 Å². The van der Waals surface area contributed by atoms with Gasteiger partial charge in [0, 0.05) is 26.2 Å². The minimum atomic E-state index is 0.199. The van der Waals surface area contributed by atoms with E-state index in [1.54, 1.807) is 0 Å². The van der Waals surface area contributed by atoms with Crippen molar-refractivity contribution >= 4 is 5.91 Å². The molecule has 140 valence electrons. The van der Waals surface area contributed by atoms with Crippen LogP contribution >= 0.6 is 0 Å². The van der Waals surface area contributed by atoms with E-state index in [-0.39, 0.29) is 5.91 Å². The van der Waals surface area contributed by atoms with Crippen LogP contribution in [0.1, 0.15) is 29.5 Å². The van der Waals surface area contributed by atoms with Crippen molar-refractivity contribution in [3.05, 3.63) is 46.8 Å². The van der Waals surface area contributed by atoms with Gasteiger partial charge in [0.25, 0.3) is 0 Å². The minimum absolute atomic E-state index is 0.199. The van der Waals surface area contributed by atoms with E-state index >= 15 is 0 Å². The fraction of sp³-hybridized carbons (Fsp3) is 0.500. The highest BCUT2D eigenvalue weighted by Crippen LogP contribution is 2.18. The van der Waals surface area contributed by atoms with Crippen LogP contribution in [0.2, 0.25) is 0 Å². The van der Waals surface area contributed by atoms with Gasteiger partial charge in [0.15, 0.2) is 0 Å².